The smallest absolute Gasteiger partial charge is 0.387 e. The molecule has 1 heterocycles. The first-order valence-corrected chi connectivity index (χ1v) is 12.7. The molecule has 0 bridgehead atoms. The van der Waals surface area contributed by atoms with Gasteiger partial charge >= 0.3 is 6.61 Å². The molecule has 8 nitrogen and oxygen atoms in total. The Morgan fingerprint density at radius 1 is 1.09 bits per heavy atom. The zero-order chi connectivity index (χ0) is 25.6. The van der Waals surface area contributed by atoms with E-state index in [4.69, 9.17) is 4.74 Å². The van der Waals surface area contributed by atoms with Crippen LogP contribution in [-0.4, -0.2) is 43.6 Å². The second-order valence-electron chi connectivity index (χ2n) is 7.79. The molecule has 0 amide bonds. The van der Waals surface area contributed by atoms with Crippen molar-refractivity contribution in [2.45, 2.75) is 25.9 Å². The fourth-order valence-electron chi connectivity index (χ4n) is 3.81. The maximum absolute atomic E-state index is 12.8. The Morgan fingerprint density at radius 3 is 2.40 bits per heavy atom. The highest BCUT2D eigenvalue weighted by Gasteiger charge is 2.28. The van der Waals surface area contributed by atoms with E-state index in [1.807, 2.05) is 0 Å². The summed E-state index contributed by atoms with van der Waals surface area (Å²) < 4.78 is 59.9. The summed E-state index contributed by atoms with van der Waals surface area (Å²) in [4.78, 5) is 15.7. The van der Waals surface area contributed by atoms with Gasteiger partial charge in [0.1, 0.15) is 15.5 Å². The summed E-state index contributed by atoms with van der Waals surface area (Å²) >= 11 is 0. The van der Waals surface area contributed by atoms with Crippen molar-refractivity contribution in [2.75, 3.05) is 18.6 Å². The molecule has 0 aliphatic rings. The monoisotopic (exact) mass is 506 g/mol. The number of alkyl halides is 2. The largest absolute Gasteiger partial charge is 0.490 e. The molecule has 0 aliphatic carbocycles. The maximum Gasteiger partial charge on any atom is 0.387 e. The number of ether oxygens (including phenoxy) is 2. The molecule has 0 N–H and O–H groups in total. The van der Waals surface area contributed by atoms with Crippen molar-refractivity contribution in [2.24, 2.45) is 0 Å². The minimum Gasteiger partial charge on any atom is -0.490 e. The first kappa shape index (κ1) is 26.0. The molecule has 0 spiro atoms. The van der Waals surface area contributed by atoms with Gasteiger partial charge in [0.25, 0.3) is 5.69 Å². The molecular formula is C24H24F2N2O6S. The van der Waals surface area contributed by atoms with Crippen LogP contribution >= 0.6 is 0 Å². The normalized spacial score (nSPS) is 12.4. The molecule has 11 heteroatoms. The Bertz CT molecular complexity index is 1290. The highest BCUT2D eigenvalue weighted by atomic mass is 32.2. The van der Waals surface area contributed by atoms with Crippen LogP contribution in [-0.2, 0) is 16.3 Å². The van der Waals surface area contributed by atoms with Gasteiger partial charge in [0.05, 0.1) is 22.8 Å². The lowest BCUT2D eigenvalue weighted by molar-refractivity contribution is -0.385. The Morgan fingerprint density at radius 2 is 1.80 bits per heavy atom. The Hall–Kier alpha value is -3.60. The number of nitro groups is 1. The summed E-state index contributed by atoms with van der Waals surface area (Å²) in [5.74, 6) is -1.28. The second kappa shape index (κ2) is 11.2. The average Bonchev–Trinajstić information content (AvgIpc) is 2.79. The van der Waals surface area contributed by atoms with Crippen molar-refractivity contribution >= 4 is 15.5 Å². The molecule has 1 unspecified atom stereocenters. The van der Waals surface area contributed by atoms with E-state index >= 15 is 0 Å². The SMILES string of the molecule is CCOc1cc(C(Cc2nccc(-c3ccccc3)c2[N+](=O)[O-])CS(C)(=O)=O)ccc1OC(F)F. The Labute approximate surface area is 201 Å². The van der Waals surface area contributed by atoms with Crippen molar-refractivity contribution < 1.29 is 31.6 Å². The molecule has 3 rings (SSSR count). The minimum atomic E-state index is -3.53. The van der Waals surface area contributed by atoms with Crippen LogP contribution in [0.2, 0.25) is 0 Å². The van der Waals surface area contributed by atoms with Gasteiger partial charge in [-0.3, -0.25) is 15.1 Å². The molecule has 2 aromatic carbocycles. The third kappa shape index (κ3) is 6.95. The number of hydrogen-bond donors (Lipinski definition) is 0. The summed E-state index contributed by atoms with van der Waals surface area (Å²) in [7, 11) is -3.53. The predicted octanol–water partition coefficient (Wildman–Crippen LogP) is 5.03. The third-order valence-corrected chi connectivity index (χ3v) is 6.17. The molecular weight excluding hydrogens is 482 g/mol. The van der Waals surface area contributed by atoms with E-state index < -0.39 is 27.3 Å². The van der Waals surface area contributed by atoms with Gasteiger partial charge in [-0.1, -0.05) is 36.4 Å². The van der Waals surface area contributed by atoms with E-state index in [2.05, 4.69) is 9.72 Å². The zero-order valence-corrected chi connectivity index (χ0v) is 19.9. The summed E-state index contributed by atoms with van der Waals surface area (Å²) in [6, 6.07) is 14.4. The van der Waals surface area contributed by atoms with Gasteiger partial charge in [-0.2, -0.15) is 8.78 Å². The fourth-order valence-corrected chi connectivity index (χ4v) is 4.85. The van der Waals surface area contributed by atoms with E-state index in [1.165, 1.54) is 30.5 Å². The first-order valence-electron chi connectivity index (χ1n) is 10.7. The zero-order valence-electron chi connectivity index (χ0n) is 19.1. The highest BCUT2D eigenvalue weighted by molar-refractivity contribution is 7.90. The van der Waals surface area contributed by atoms with Crippen molar-refractivity contribution in [1.29, 1.82) is 0 Å². The predicted molar refractivity (Wildman–Crippen MR) is 127 cm³/mol. The molecule has 3 aromatic rings. The number of halogens is 2. The van der Waals surface area contributed by atoms with Gasteiger partial charge in [-0.25, -0.2) is 8.42 Å². The molecule has 0 aliphatic heterocycles. The molecule has 0 saturated carbocycles. The van der Waals surface area contributed by atoms with Gasteiger partial charge in [0.15, 0.2) is 11.5 Å². The van der Waals surface area contributed by atoms with E-state index in [1.54, 1.807) is 37.3 Å². The topological polar surface area (TPSA) is 109 Å². The molecule has 0 radical (unpaired) electrons. The number of sulfone groups is 1. The molecule has 35 heavy (non-hydrogen) atoms. The number of hydrogen-bond acceptors (Lipinski definition) is 7. The van der Waals surface area contributed by atoms with Crippen LogP contribution in [0.25, 0.3) is 11.1 Å². The van der Waals surface area contributed by atoms with Crippen LogP contribution in [0, 0.1) is 10.1 Å². The van der Waals surface area contributed by atoms with Crippen LogP contribution in [0.5, 0.6) is 11.5 Å². The van der Waals surface area contributed by atoms with E-state index in [9.17, 15) is 27.3 Å². The summed E-state index contributed by atoms with van der Waals surface area (Å²) in [6.45, 7) is -1.25. The number of aromatic nitrogens is 1. The minimum absolute atomic E-state index is 0.0179. The molecule has 0 saturated heterocycles. The lowest BCUT2D eigenvalue weighted by atomic mass is 9.93. The lowest BCUT2D eigenvalue weighted by Gasteiger charge is -2.19. The van der Waals surface area contributed by atoms with Crippen LogP contribution < -0.4 is 9.47 Å². The van der Waals surface area contributed by atoms with Crippen LogP contribution in [0.3, 0.4) is 0 Å². The Kier molecular flexibility index (Phi) is 8.34. The van der Waals surface area contributed by atoms with Gasteiger partial charge in [0, 0.05) is 24.8 Å². The molecule has 186 valence electrons. The van der Waals surface area contributed by atoms with Crippen molar-refractivity contribution in [3.63, 3.8) is 0 Å². The quantitative estimate of drug-likeness (QED) is 0.265. The van der Waals surface area contributed by atoms with Crippen molar-refractivity contribution in [1.82, 2.24) is 4.98 Å². The first-order chi connectivity index (χ1) is 16.6. The Balaban J connectivity index is 2.09. The lowest BCUT2D eigenvalue weighted by Crippen LogP contribution is -2.17. The standard InChI is InChI=1S/C24H24F2N2O6S/c1-3-33-22-14-17(9-10-21(22)34-24(25)26)18(15-35(2,31)32)13-20-23(28(29)30)19(11-12-27-20)16-7-5-4-6-8-16/h4-12,14,18,24H,3,13,15H2,1-2H3. The van der Waals surface area contributed by atoms with Gasteiger partial charge in [-0.05, 0) is 36.2 Å². The maximum atomic E-state index is 12.8. The van der Waals surface area contributed by atoms with Crippen molar-refractivity contribution in [3.8, 4) is 22.6 Å². The van der Waals surface area contributed by atoms with E-state index in [-0.39, 0.29) is 41.7 Å². The summed E-state index contributed by atoms with van der Waals surface area (Å²) in [5.41, 5.74) is 1.29. The average molecular weight is 507 g/mol. The number of rotatable bonds is 11. The number of pyridine rings is 1. The molecule has 1 aromatic heterocycles. The van der Waals surface area contributed by atoms with E-state index in [0.29, 0.717) is 16.7 Å². The highest BCUT2D eigenvalue weighted by Crippen LogP contribution is 2.37. The molecule has 1 atom stereocenters. The second-order valence-corrected chi connectivity index (χ2v) is 9.97. The number of benzene rings is 2. The summed E-state index contributed by atoms with van der Waals surface area (Å²) in [5, 5.41) is 12.0. The van der Waals surface area contributed by atoms with Crippen LogP contribution in [0.15, 0.2) is 60.8 Å². The van der Waals surface area contributed by atoms with Crippen LogP contribution in [0.1, 0.15) is 24.1 Å². The summed E-state index contributed by atoms with van der Waals surface area (Å²) in [6.07, 6.45) is 2.41. The fraction of sp³-hybridized carbons (Fsp3) is 0.292. The third-order valence-electron chi connectivity index (χ3n) is 5.17. The van der Waals surface area contributed by atoms with Crippen molar-refractivity contribution in [3.05, 3.63) is 82.2 Å². The van der Waals surface area contributed by atoms with Gasteiger partial charge in [0.2, 0.25) is 0 Å². The number of nitrogens with zero attached hydrogens (tertiary/aromatic N) is 2. The van der Waals surface area contributed by atoms with Crippen LogP contribution in [0.4, 0.5) is 14.5 Å². The van der Waals surface area contributed by atoms with Gasteiger partial charge < -0.3 is 9.47 Å². The van der Waals surface area contributed by atoms with Gasteiger partial charge in [-0.15, -0.1) is 0 Å². The van der Waals surface area contributed by atoms with E-state index in [0.717, 1.165) is 6.26 Å². The molecule has 0 fully saturated rings.